The molecule has 3 unspecified atom stereocenters. The Kier molecular flexibility index (Phi) is 19.8. The quantitative estimate of drug-likeness (QED) is 0.0592. The molecule has 0 bridgehead atoms. The molecule has 2 saturated heterocycles. The number of likely N-dealkylation sites (N-methyl/N-ethyl adjacent to an activating group) is 2. The van der Waals surface area contributed by atoms with Crippen LogP contribution in [0.5, 0.6) is 0 Å². The molecule has 4 N–H and O–H groups in total. The van der Waals surface area contributed by atoms with Crippen LogP contribution in [0.3, 0.4) is 0 Å². The number of nitrogens with zero attached hydrogens (tertiary/aromatic N) is 6. The number of carbonyl (C=O) groups is 3. The van der Waals surface area contributed by atoms with Crippen molar-refractivity contribution in [3.05, 3.63) is 30.5 Å². The number of aryl methyl sites for hydroxylation is 1. The Morgan fingerprint density at radius 1 is 1.12 bits per heavy atom. The van der Waals surface area contributed by atoms with Gasteiger partial charge in [0, 0.05) is 62.3 Å². The van der Waals surface area contributed by atoms with Crippen molar-refractivity contribution in [3.8, 4) is 11.3 Å². The Balaban J connectivity index is 1.52. The summed E-state index contributed by atoms with van der Waals surface area (Å²) in [7, 11) is 2.21. The highest BCUT2D eigenvalue weighted by molar-refractivity contribution is 7.90. The van der Waals surface area contributed by atoms with E-state index in [9.17, 15) is 33.0 Å². The van der Waals surface area contributed by atoms with Crippen LogP contribution in [0, 0.1) is 23.7 Å². The molecule has 1 aromatic heterocycles. The van der Waals surface area contributed by atoms with E-state index in [2.05, 4.69) is 42.9 Å². The fraction of sp³-hybridized carbons (Fsp3) is 0.771. The summed E-state index contributed by atoms with van der Waals surface area (Å²) in [5, 5.41) is 30.3. The molecule has 2 aliphatic heterocycles. The number of benzene rings is 1. The number of anilines is 1. The fourth-order valence-corrected chi connectivity index (χ4v) is 10.8. The number of aliphatic hydroxyl groups is 1. The van der Waals surface area contributed by atoms with Crippen molar-refractivity contribution in [1.82, 2.24) is 29.7 Å². The lowest BCUT2D eigenvalue weighted by atomic mass is 9.77. The predicted molar refractivity (Wildman–Crippen MR) is 257 cm³/mol. The SMILES string of the molecule is CC[C@@H](C)[C@@]1(C)OC(=O)N(CCCCn2cc(-c3cccc(N)c3)nn2)[C@@H]1[C@@H](C)N(C)C[C@H](C)C[C@@](C)(OC)[C@H](O[C@@H]1OC(C)CC(N(C)CCCS(C)(=O)=O)C1O)[C@@H](C)C(=O)[C@@H](C)C(=O)O. The first-order chi connectivity index (χ1) is 31.3. The van der Waals surface area contributed by atoms with Crippen LogP contribution >= 0.6 is 0 Å². The summed E-state index contributed by atoms with van der Waals surface area (Å²) in [6.07, 6.45) is 2.44. The Labute approximate surface area is 399 Å². The number of hydrogen-bond donors (Lipinski definition) is 3. The number of methoxy groups -OCH3 is 1. The first kappa shape index (κ1) is 55.9. The van der Waals surface area contributed by atoms with Gasteiger partial charge >= 0.3 is 12.1 Å². The van der Waals surface area contributed by atoms with Crippen LogP contribution in [-0.4, -0.2) is 173 Å². The number of aliphatic carboxylic acids is 1. The molecule has 2 aromatic rings. The van der Waals surface area contributed by atoms with Gasteiger partial charge in [-0.05, 0) is 118 Å². The number of aliphatic hydroxyl groups excluding tert-OH is 1. The van der Waals surface area contributed by atoms with Gasteiger partial charge in [-0.3, -0.25) is 19.2 Å². The third-order valence-electron chi connectivity index (χ3n) is 14.6. The van der Waals surface area contributed by atoms with E-state index in [0.717, 1.165) is 24.1 Å². The number of rotatable bonds is 27. The average Bonchev–Trinajstić information content (AvgIpc) is 3.84. The monoisotopic (exact) mass is 964 g/mol. The van der Waals surface area contributed by atoms with Gasteiger partial charge in [0.05, 0.1) is 35.8 Å². The normalized spacial score (nSPS) is 26.2. The number of ketones is 1. The second-order valence-electron chi connectivity index (χ2n) is 20.1. The number of nitrogen functional groups attached to an aromatic ring is 1. The predicted octanol–water partition coefficient (Wildman–Crippen LogP) is 5.23. The summed E-state index contributed by atoms with van der Waals surface area (Å²) in [5.41, 5.74) is 6.31. The van der Waals surface area contributed by atoms with E-state index in [1.807, 2.05) is 75.1 Å². The number of ether oxygens (including phenoxy) is 4. The molecule has 0 aliphatic carbocycles. The lowest BCUT2D eigenvalue weighted by Gasteiger charge is -2.47. The van der Waals surface area contributed by atoms with Crippen LogP contribution in [-0.2, 0) is 44.9 Å². The zero-order valence-electron chi connectivity index (χ0n) is 42.3. The van der Waals surface area contributed by atoms with Gasteiger partial charge in [-0.1, -0.05) is 45.0 Å². The van der Waals surface area contributed by atoms with Crippen molar-refractivity contribution in [2.45, 2.75) is 161 Å². The molecule has 3 heterocycles. The average molecular weight is 964 g/mol. The van der Waals surface area contributed by atoms with Crippen molar-refractivity contribution in [3.63, 3.8) is 0 Å². The number of carbonyl (C=O) groups excluding carboxylic acids is 2. The van der Waals surface area contributed by atoms with E-state index in [1.54, 1.807) is 11.6 Å². The largest absolute Gasteiger partial charge is 0.481 e. The first-order valence-electron chi connectivity index (χ1n) is 23.9. The minimum atomic E-state index is -3.17. The zero-order chi connectivity index (χ0) is 50.2. The Morgan fingerprint density at radius 2 is 1.79 bits per heavy atom. The first-order valence-corrected chi connectivity index (χ1v) is 26.0. The molecule has 0 saturated carbocycles. The van der Waals surface area contributed by atoms with Crippen molar-refractivity contribution in [2.75, 3.05) is 58.6 Å². The van der Waals surface area contributed by atoms with E-state index in [-0.39, 0.29) is 41.9 Å². The molecule has 0 spiro atoms. The third-order valence-corrected chi connectivity index (χ3v) is 15.6. The molecule has 13 atom stereocenters. The molecular weight excluding hydrogens is 883 g/mol. The number of sulfone groups is 1. The van der Waals surface area contributed by atoms with Crippen LogP contribution in [0.4, 0.5) is 10.5 Å². The number of nitrogens with two attached hydrogens (primary N) is 1. The molecule has 67 heavy (non-hydrogen) atoms. The van der Waals surface area contributed by atoms with Gasteiger partial charge in [0.25, 0.3) is 0 Å². The maximum atomic E-state index is 13.8. The maximum absolute atomic E-state index is 13.8. The number of hydrogen-bond acceptors (Lipinski definition) is 15. The molecule has 2 aliphatic rings. The van der Waals surface area contributed by atoms with Crippen molar-refractivity contribution in [1.29, 1.82) is 0 Å². The lowest BCUT2D eigenvalue weighted by Crippen LogP contribution is -2.60. The van der Waals surface area contributed by atoms with Crippen molar-refractivity contribution < 1.29 is 52.0 Å². The molecule has 0 radical (unpaired) electrons. The summed E-state index contributed by atoms with van der Waals surface area (Å²) in [5.74, 6) is -4.14. The second-order valence-corrected chi connectivity index (χ2v) is 22.3. The summed E-state index contributed by atoms with van der Waals surface area (Å²) in [6, 6.07) is 6.63. The number of Topliss-reactive ketones (excluding diaryl/α,β-unsaturated/α-hetero) is 1. The summed E-state index contributed by atoms with van der Waals surface area (Å²) >= 11 is 0. The van der Waals surface area contributed by atoms with Crippen LogP contribution < -0.4 is 5.73 Å². The molecule has 4 rings (SSSR count). The van der Waals surface area contributed by atoms with E-state index in [0.29, 0.717) is 57.5 Å². The highest BCUT2D eigenvalue weighted by Crippen LogP contribution is 2.41. The molecule has 2 fully saturated rings. The van der Waals surface area contributed by atoms with Gasteiger partial charge in [0.2, 0.25) is 0 Å². The van der Waals surface area contributed by atoms with Crippen molar-refractivity contribution in [2.24, 2.45) is 23.7 Å². The number of unbranched alkanes of at least 4 members (excludes halogenated alkanes) is 1. The Bertz CT molecular complexity index is 2060. The number of aromatic nitrogens is 3. The topological polar surface area (TPSA) is 229 Å². The second kappa shape index (κ2) is 23.7. The number of carboxylic acids is 1. The highest BCUT2D eigenvalue weighted by Gasteiger charge is 2.56. The minimum absolute atomic E-state index is 0.00955. The van der Waals surface area contributed by atoms with Crippen LogP contribution in [0.25, 0.3) is 11.3 Å². The standard InChI is InChI=1S/C48H81N7O11S/c1-14-31(3)48(9)42(55(46(60)66-48)23-16-15-22-54-29-38(50-51-54)36-19-17-20-37(49)26-36)35(7)53(11)28-30(2)27-47(8,63-12)43(33(5)40(56)34(6)44(58)59)65-45-41(57)39(25-32(4)64-45)52(10)21-18-24-67(13,61)62/h17,19-20,26,29-35,39,41-43,45,57H,14-16,18,21-25,27-28,49H2,1-13H3,(H,58,59)/t30-,31-,32?,33+,34-,35-,39?,41?,42-,43-,45+,47-,48-/m1/s1. The molecule has 18 nitrogen and oxygen atoms in total. The summed E-state index contributed by atoms with van der Waals surface area (Å²) in [4.78, 5) is 45.7. The fourth-order valence-electron chi connectivity index (χ4n) is 10.2. The highest BCUT2D eigenvalue weighted by atomic mass is 32.2. The summed E-state index contributed by atoms with van der Waals surface area (Å²) < 4.78 is 50.9. The molecule has 1 amide bonds. The Morgan fingerprint density at radius 3 is 2.40 bits per heavy atom. The van der Waals surface area contributed by atoms with E-state index < -0.39 is 69.2 Å². The summed E-state index contributed by atoms with van der Waals surface area (Å²) in [6.45, 7) is 19.2. The minimum Gasteiger partial charge on any atom is -0.481 e. The van der Waals surface area contributed by atoms with Gasteiger partial charge in [-0.15, -0.1) is 5.10 Å². The molecule has 19 heteroatoms. The van der Waals surface area contributed by atoms with Gasteiger partial charge in [-0.2, -0.15) is 0 Å². The zero-order valence-corrected chi connectivity index (χ0v) is 43.1. The lowest BCUT2D eigenvalue weighted by molar-refractivity contribution is -0.296. The smallest absolute Gasteiger partial charge is 0.410 e. The molecular formula is C48H81N7O11S. The van der Waals surface area contributed by atoms with Gasteiger partial charge < -0.3 is 44.7 Å². The molecule has 1 aromatic carbocycles. The number of amides is 1. The van der Waals surface area contributed by atoms with E-state index in [4.69, 9.17) is 24.7 Å². The van der Waals surface area contributed by atoms with Crippen LogP contribution in [0.1, 0.15) is 101 Å². The number of cyclic esters (lactones) is 1. The van der Waals surface area contributed by atoms with E-state index >= 15 is 0 Å². The van der Waals surface area contributed by atoms with E-state index in [1.165, 1.54) is 20.3 Å². The maximum Gasteiger partial charge on any atom is 0.410 e. The third kappa shape index (κ3) is 14.2. The molecule has 380 valence electrons. The van der Waals surface area contributed by atoms with Crippen molar-refractivity contribution >= 4 is 33.4 Å². The Hall–Kier alpha value is -3.72. The van der Waals surface area contributed by atoms with Gasteiger partial charge in [0.15, 0.2) is 12.1 Å². The van der Waals surface area contributed by atoms with Crippen LogP contribution in [0.15, 0.2) is 30.5 Å². The van der Waals surface area contributed by atoms with Crippen LogP contribution in [0.2, 0.25) is 0 Å². The van der Waals surface area contributed by atoms with Gasteiger partial charge in [-0.25, -0.2) is 13.2 Å². The number of carboxylic acid groups (broad SMARTS) is 1. The van der Waals surface area contributed by atoms with Gasteiger partial charge in [0.1, 0.15) is 33.2 Å².